The van der Waals surface area contributed by atoms with E-state index in [1.54, 1.807) is 0 Å². The zero-order valence-corrected chi connectivity index (χ0v) is 11.7. The average Bonchev–Trinajstić information content (AvgIpc) is 2.83. The van der Waals surface area contributed by atoms with Gasteiger partial charge in [-0.05, 0) is 18.7 Å². The number of nitrogens with zero attached hydrogens (tertiary/aromatic N) is 3. The Bertz CT molecular complexity index is 439. The van der Waals surface area contributed by atoms with E-state index in [0.29, 0.717) is 5.88 Å². The van der Waals surface area contributed by atoms with Crippen molar-refractivity contribution < 1.29 is 4.74 Å². The Kier molecular flexibility index (Phi) is 4.75. The van der Waals surface area contributed by atoms with Crippen molar-refractivity contribution in [2.45, 2.75) is 26.2 Å². The van der Waals surface area contributed by atoms with Crippen molar-refractivity contribution in [1.29, 1.82) is 0 Å². The van der Waals surface area contributed by atoms with Crippen molar-refractivity contribution in [1.82, 2.24) is 13.6 Å². The number of likely N-dealkylation sites (N-methyl/N-ethyl adjacent to an activating group) is 1. The summed E-state index contributed by atoms with van der Waals surface area (Å²) >= 11 is 1.22. The second-order valence-electron chi connectivity index (χ2n) is 4.42. The lowest BCUT2D eigenvalue weighted by molar-refractivity contribution is 0.296. The Labute approximate surface area is 112 Å². The fourth-order valence-electron chi connectivity index (χ4n) is 1.83. The van der Waals surface area contributed by atoms with Gasteiger partial charge in [0.1, 0.15) is 5.69 Å². The molecule has 0 unspecified atom stereocenters. The van der Waals surface area contributed by atoms with Crippen LogP contribution in [0.1, 0.15) is 31.9 Å². The van der Waals surface area contributed by atoms with Crippen molar-refractivity contribution in [2.75, 3.05) is 20.2 Å². The quantitative estimate of drug-likeness (QED) is 0.741. The van der Waals surface area contributed by atoms with Gasteiger partial charge in [-0.15, -0.1) is 4.37 Å². The van der Waals surface area contributed by atoms with E-state index in [9.17, 15) is 0 Å². The van der Waals surface area contributed by atoms with Crippen LogP contribution in [0.25, 0.3) is 5.57 Å². The third-order valence-corrected chi connectivity index (χ3v) is 3.32. The molecular formula is C13H19N3OS. The third-order valence-electron chi connectivity index (χ3n) is 2.81. The van der Waals surface area contributed by atoms with Crippen molar-refractivity contribution in [3.63, 3.8) is 0 Å². The highest BCUT2D eigenvalue weighted by atomic mass is 32.1. The lowest BCUT2D eigenvalue weighted by atomic mass is 10.1. The number of rotatable bonds is 6. The lowest BCUT2D eigenvalue weighted by Gasteiger charge is -2.18. The van der Waals surface area contributed by atoms with Crippen molar-refractivity contribution in [2.24, 2.45) is 0 Å². The van der Waals surface area contributed by atoms with Gasteiger partial charge in [-0.3, -0.25) is 0 Å². The minimum absolute atomic E-state index is 0.686. The molecule has 98 valence electrons. The number of unbranched alkanes of at least 4 members (excludes halogenated alkanes) is 2. The largest absolute Gasteiger partial charge is 0.475 e. The molecule has 0 aliphatic carbocycles. The van der Waals surface area contributed by atoms with E-state index in [4.69, 9.17) is 4.74 Å². The summed E-state index contributed by atoms with van der Waals surface area (Å²) in [5.41, 5.74) is 2.06. The SMILES string of the molecule is CCCCCOc1nsnc1C1=CC=CN(C)C1. The first-order valence-electron chi connectivity index (χ1n) is 6.34. The van der Waals surface area contributed by atoms with Gasteiger partial charge in [0.2, 0.25) is 0 Å². The molecule has 0 fully saturated rings. The molecule has 0 atom stereocenters. The first kappa shape index (κ1) is 13.1. The highest BCUT2D eigenvalue weighted by Gasteiger charge is 2.16. The maximum Gasteiger partial charge on any atom is 0.253 e. The number of hydrogen-bond acceptors (Lipinski definition) is 5. The highest BCUT2D eigenvalue weighted by molar-refractivity contribution is 6.99. The summed E-state index contributed by atoms with van der Waals surface area (Å²) in [4.78, 5) is 2.12. The summed E-state index contributed by atoms with van der Waals surface area (Å²) in [6.07, 6.45) is 9.62. The zero-order chi connectivity index (χ0) is 12.8. The van der Waals surface area contributed by atoms with E-state index in [0.717, 1.165) is 25.3 Å². The van der Waals surface area contributed by atoms with Gasteiger partial charge in [-0.2, -0.15) is 4.37 Å². The summed E-state index contributed by atoms with van der Waals surface area (Å²) in [6, 6.07) is 0. The van der Waals surface area contributed by atoms with Crippen LogP contribution in [0.4, 0.5) is 0 Å². The molecular weight excluding hydrogens is 246 g/mol. The molecule has 0 saturated carbocycles. The van der Waals surface area contributed by atoms with Crippen LogP contribution in [0, 0.1) is 0 Å². The molecule has 1 aliphatic heterocycles. The van der Waals surface area contributed by atoms with E-state index >= 15 is 0 Å². The fourth-order valence-corrected chi connectivity index (χ4v) is 2.36. The summed E-state index contributed by atoms with van der Waals surface area (Å²) in [7, 11) is 2.05. The van der Waals surface area contributed by atoms with E-state index in [1.807, 2.05) is 19.3 Å². The predicted molar refractivity (Wildman–Crippen MR) is 74.7 cm³/mol. The average molecular weight is 265 g/mol. The normalized spacial score (nSPS) is 14.8. The lowest BCUT2D eigenvalue weighted by Crippen LogP contribution is -2.16. The van der Waals surface area contributed by atoms with E-state index in [-0.39, 0.29) is 0 Å². The van der Waals surface area contributed by atoms with Crippen molar-refractivity contribution >= 4 is 17.3 Å². The molecule has 0 aromatic carbocycles. The highest BCUT2D eigenvalue weighted by Crippen LogP contribution is 2.26. The van der Waals surface area contributed by atoms with Gasteiger partial charge in [-0.25, -0.2) is 0 Å². The molecule has 1 aromatic heterocycles. The zero-order valence-electron chi connectivity index (χ0n) is 10.9. The molecule has 1 aliphatic rings. The van der Waals surface area contributed by atoms with Gasteiger partial charge in [-0.1, -0.05) is 25.8 Å². The van der Waals surface area contributed by atoms with Crippen LogP contribution >= 0.6 is 11.7 Å². The number of allylic oxidation sites excluding steroid dienone is 2. The summed E-state index contributed by atoms with van der Waals surface area (Å²) in [6.45, 7) is 3.77. The maximum atomic E-state index is 5.72. The molecule has 0 bridgehead atoms. The molecule has 0 saturated heterocycles. The monoisotopic (exact) mass is 265 g/mol. The molecule has 0 N–H and O–H groups in total. The van der Waals surface area contributed by atoms with Crippen LogP contribution in [0.15, 0.2) is 18.4 Å². The maximum absolute atomic E-state index is 5.72. The van der Waals surface area contributed by atoms with Crippen molar-refractivity contribution in [3.05, 3.63) is 24.0 Å². The molecule has 0 radical (unpaired) electrons. The Hall–Kier alpha value is -1.36. The van der Waals surface area contributed by atoms with Gasteiger partial charge in [0.05, 0.1) is 18.3 Å². The predicted octanol–water partition coefficient (Wildman–Crippen LogP) is 2.95. The molecule has 2 heterocycles. The van der Waals surface area contributed by atoms with Crippen LogP contribution in [0.3, 0.4) is 0 Å². The molecule has 5 heteroatoms. The van der Waals surface area contributed by atoms with E-state index in [1.165, 1.54) is 30.1 Å². The molecule has 1 aromatic rings. The number of hydrogen-bond donors (Lipinski definition) is 0. The van der Waals surface area contributed by atoms with Gasteiger partial charge < -0.3 is 9.64 Å². The van der Waals surface area contributed by atoms with Crippen LogP contribution < -0.4 is 4.74 Å². The molecule has 2 rings (SSSR count). The second kappa shape index (κ2) is 6.54. The molecule has 0 amide bonds. The Morgan fingerprint density at radius 2 is 2.28 bits per heavy atom. The molecule has 4 nitrogen and oxygen atoms in total. The van der Waals surface area contributed by atoms with Gasteiger partial charge in [0.15, 0.2) is 0 Å². The standard InChI is InChI=1S/C13H19N3OS/c1-3-4-5-9-17-13-12(14-18-15-13)11-7-6-8-16(2)10-11/h6-8H,3-5,9-10H2,1-2H3. The van der Waals surface area contributed by atoms with Crippen molar-refractivity contribution in [3.8, 4) is 5.88 Å². The summed E-state index contributed by atoms with van der Waals surface area (Å²) in [5, 5.41) is 0. The van der Waals surface area contributed by atoms with Crippen LogP contribution in [-0.4, -0.2) is 33.8 Å². The first-order valence-corrected chi connectivity index (χ1v) is 7.07. The van der Waals surface area contributed by atoms with E-state index in [2.05, 4.69) is 26.6 Å². The Morgan fingerprint density at radius 3 is 3.06 bits per heavy atom. The number of aromatic nitrogens is 2. The fraction of sp³-hybridized carbons (Fsp3) is 0.538. The first-order chi connectivity index (χ1) is 8.81. The minimum Gasteiger partial charge on any atom is -0.475 e. The van der Waals surface area contributed by atoms with Gasteiger partial charge in [0.25, 0.3) is 5.88 Å². The third kappa shape index (κ3) is 3.32. The molecule has 0 spiro atoms. The molecule has 18 heavy (non-hydrogen) atoms. The van der Waals surface area contributed by atoms with Gasteiger partial charge in [0, 0.05) is 19.2 Å². The smallest absolute Gasteiger partial charge is 0.253 e. The van der Waals surface area contributed by atoms with Crippen LogP contribution in [0.2, 0.25) is 0 Å². The van der Waals surface area contributed by atoms with E-state index < -0.39 is 0 Å². The van der Waals surface area contributed by atoms with Crippen LogP contribution in [0.5, 0.6) is 5.88 Å². The summed E-state index contributed by atoms with van der Waals surface area (Å²) < 4.78 is 14.3. The number of ether oxygens (including phenoxy) is 1. The Morgan fingerprint density at radius 1 is 1.39 bits per heavy atom. The summed E-state index contributed by atoms with van der Waals surface area (Å²) in [5.74, 6) is 0.686. The minimum atomic E-state index is 0.686. The van der Waals surface area contributed by atoms with Gasteiger partial charge >= 0.3 is 0 Å². The topological polar surface area (TPSA) is 38.3 Å². The second-order valence-corrected chi connectivity index (χ2v) is 4.95. The Balaban J connectivity index is 1.99. The van der Waals surface area contributed by atoms with Crippen LogP contribution in [-0.2, 0) is 0 Å².